The number of hydrogen-bond donors (Lipinski definition) is 2. The molecule has 0 fully saturated rings. The summed E-state index contributed by atoms with van der Waals surface area (Å²) < 4.78 is 29.0. The van der Waals surface area contributed by atoms with Crippen LogP contribution in [0.1, 0.15) is 32.4 Å². The second kappa shape index (κ2) is 5.63. The summed E-state index contributed by atoms with van der Waals surface area (Å²) in [6.45, 7) is 2.57. The molecule has 0 aromatic heterocycles. The lowest BCUT2D eigenvalue weighted by molar-refractivity contribution is -0.0515. The third-order valence-electron chi connectivity index (χ3n) is 2.72. The molecule has 1 aromatic rings. The van der Waals surface area contributed by atoms with E-state index in [0.29, 0.717) is 5.56 Å². The number of aliphatic hydroxyl groups excluding tert-OH is 1. The Morgan fingerprint density at radius 1 is 1.22 bits per heavy atom. The molecule has 0 heterocycles. The van der Waals surface area contributed by atoms with E-state index >= 15 is 0 Å². The Labute approximate surface area is 106 Å². The van der Waals surface area contributed by atoms with Crippen LogP contribution in [0, 0.1) is 5.41 Å². The van der Waals surface area contributed by atoms with Crippen molar-refractivity contribution in [3.05, 3.63) is 29.8 Å². The van der Waals surface area contributed by atoms with Crippen molar-refractivity contribution in [1.29, 1.82) is 0 Å². The van der Waals surface area contributed by atoms with Gasteiger partial charge in [-0.15, -0.1) is 0 Å². The van der Waals surface area contributed by atoms with Gasteiger partial charge in [-0.25, -0.2) is 0 Å². The predicted molar refractivity (Wildman–Crippen MR) is 65.5 cm³/mol. The second-order valence-electron chi connectivity index (χ2n) is 5.25. The number of benzene rings is 1. The smallest absolute Gasteiger partial charge is 0.387 e. The van der Waals surface area contributed by atoms with Crippen molar-refractivity contribution in [2.24, 2.45) is 11.1 Å². The van der Waals surface area contributed by atoms with Crippen LogP contribution < -0.4 is 10.5 Å². The van der Waals surface area contributed by atoms with Gasteiger partial charge in [-0.3, -0.25) is 0 Å². The van der Waals surface area contributed by atoms with E-state index < -0.39 is 24.2 Å². The van der Waals surface area contributed by atoms with Gasteiger partial charge in [0.05, 0.1) is 12.1 Å². The number of ether oxygens (including phenoxy) is 1. The molecule has 5 heteroatoms. The molecular weight excluding hydrogens is 240 g/mol. The highest BCUT2D eigenvalue weighted by atomic mass is 19.3. The van der Waals surface area contributed by atoms with Gasteiger partial charge in [0.1, 0.15) is 5.75 Å². The molecule has 3 N–H and O–H groups in total. The molecule has 18 heavy (non-hydrogen) atoms. The van der Waals surface area contributed by atoms with Gasteiger partial charge in [0.25, 0.3) is 0 Å². The maximum atomic E-state index is 12.3. The summed E-state index contributed by atoms with van der Waals surface area (Å²) in [5, 5.41) is 10.1. The van der Waals surface area contributed by atoms with Gasteiger partial charge < -0.3 is 15.6 Å². The molecule has 0 aliphatic carbocycles. The molecule has 3 nitrogen and oxygen atoms in total. The highest BCUT2D eigenvalue weighted by molar-refractivity contribution is 5.36. The topological polar surface area (TPSA) is 55.5 Å². The molecule has 1 rings (SSSR count). The van der Waals surface area contributed by atoms with Crippen molar-refractivity contribution in [3.8, 4) is 5.75 Å². The molecule has 1 aromatic carbocycles. The maximum Gasteiger partial charge on any atom is 0.387 e. The van der Waals surface area contributed by atoms with Crippen molar-refractivity contribution < 1.29 is 18.6 Å². The van der Waals surface area contributed by atoms with Gasteiger partial charge in [0.2, 0.25) is 0 Å². The number of nitrogens with two attached hydrogens (primary N) is 1. The van der Waals surface area contributed by atoms with E-state index in [2.05, 4.69) is 4.74 Å². The van der Waals surface area contributed by atoms with E-state index in [9.17, 15) is 13.9 Å². The van der Waals surface area contributed by atoms with Crippen LogP contribution in [0.2, 0.25) is 0 Å². The number of rotatable bonds is 4. The first kappa shape index (κ1) is 14.9. The van der Waals surface area contributed by atoms with Gasteiger partial charge in [-0.05, 0) is 11.5 Å². The van der Waals surface area contributed by atoms with Gasteiger partial charge in [-0.2, -0.15) is 8.78 Å². The molecule has 102 valence electrons. The molecule has 0 saturated heterocycles. The zero-order valence-corrected chi connectivity index (χ0v) is 10.7. The van der Waals surface area contributed by atoms with E-state index in [1.54, 1.807) is 18.2 Å². The second-order valence-corrected chi connectivity index (χ2v) is 5.25. The van der Waals surface area contributed by atoms with E-state index in [-0.39, 0.29) is 5.75 Å². The minimum atomic E-state index is -2.91. The average molecular weight is 259 g/mol. The molecular formula is C13H19F2NO2. The van der Waals surface area contributed by atoms with Crippen LogP contribution in [0.15, 0.2) is 24.3 Å². The highest BCUT2D eigenvalue weighted by Crippen LogP contribution is 2.33. The first-order valence-electron chi connectivity index (χ1n) is 5.71. The molecule has 0 saturated carbocycles. The number of aliphatic hydroxyl groups is 1. The van der Waals surface area contributed by atoms with Gasteiger partial charge in [0, 0.05) is 5.56 Å². The van der Waals surface area contributed by atoms with E-state index in [0.717, 1.165) is 0 Å². The third kappa shape index (κ3) is 3.65. The SMILES string of the molecule is CC(C)(C)[C@H](O)[C@H](N)c1ccccc1OC(F)F. The molecule has 0 bridgehead atoms. The van der Waals surface area contributed by atoms with Gasteiger partial charge in [-0.1, -0.05) is 39.0 Å². The molecule has 2 atom stereocenters. The maximum absolute atomic E-state index is 12.3. The number of hydrogen-bond acceptors (Lipinski definition) is 3. The van der Waals surface area contributed by atoms with Crippen LogP contribution in [-0.4, -0.2) is 17.8 Å². The monoisotopic (exact) mass is 259 g/mol. The van der Waals surface area contributed by atoms with Gasteiger partial charge in [0.15, 0.2) is 0 Å². The standard InChI is InChI=1S/C13H19F2NO2/c1-13(2,3)11(17)10(16)8-6-4-5-7-9(8)18-12(14)15/h4-7,10-12,17H,16H2,1-3H3/t10-,11-/m1/s1. The fraction of sp³-hybridized carbons (Fsp3) is 0.538. The van der Waals surface area contributed by atoms with E-state index in [4.69, 9.17) is 5.73 Å². The zero-order chi connectivity index (χ0) is 13.9. The summed E-state index contributed by atoms with van der Waals surface area (Å²) in [6.07, 6.45) is -0.861. The average Bonchev–Trinajstić information content (AvgIpc) is 2.26. The van der Waals surface area contributed by atoms with Crippen molar-refractivity contribution in [2.45, 2.75) is 39.5 Å². The van der Waals surface area contributed by atoms with Crippen LogP contribution in [-0.2, 0) is 0 Å². The Kier molecular flexibility index (Phi) is 4.65. The van der Waals surface area contributed by atoms with E-state index in [1.807, 2.05) is 20.8 Å². The van der Waals surface area contributed by atoms with Crippen LogP contribution in [0.4, 0.5) is 8.78 Å². The fourth-order valence-corrected chi connectivity index (χ4v) is 1.67. The van der Waals surface area contributed by atoms with Crippen LogP contribution in [0.3, 0.4) is 0 Å². The van der Waals surface area contributed by atoms with Crippen LogP contribution in [0.5, 0.6) is 5.75 Å². The minimum absolute atomic E-state index is 0.00306. The Balaban J connectivity index is 3.01. The minimum Gasteiger partial charge on any atom is -0.434 e. The zero-order valence-electron chi connectivity index (χ0n) is 10.7. The highest BCUT2D eigenvalue weighted by Gasteiger charge is 2.30. The largest absolute Gasteiger partial charge is 0.434 e. The Hall–Kier alpha value is -1.20. The Morgan fingerprint density at radius 2 is 1.78 bits per heavy atom. The van der Waals surface area contributed by atoms with Crippen molar-refractivity contribution in [2.75, 3.05) is 0 Å². The van der Waals surface area contributed by atoms with Crippen molar-refractivity contribution in [1.82, 2.24) is 0 Å². The Bertz CT molecular complexity index is 391. The molecule has 0 aliphatic heterocycles. The third-order valence-corrected chi connectivity index (χ3v) is 2.72. The fourth-order valence-electron chi connectivity index (χ4n) is 1.67. The summed E-state index contributed by atoms with van der Waals surface area (Å²) in [4.78, 5) is 0. The first-order chi connectivity index (χ1) is 8.23. The number of halogens is 2. The molecule has 0 unspecified atom stereocenters. The summed E-state index contributed by atoms with van der Waals surface area (Å²) in [6, 6.07) is 5.47. The lowest BCUT2D eigenvalue weighted by atomic mass is 9.82. The summed E-state index contributed by atoms with van der Waals surface area (Å²) in [5.41, 5.74) is 5.85. The summed E-state index contributed by atoms with van der Waals surface area (Å²) >= 11 is 0. The molecule has 0 spiro atoms. The molecule has 0 amide bonds. The molecule has 0 radical (unpaired) electrons. The number of para-hydroxylation sites is 1. The lowest BCUT2D eigenvalue weighted by Crippen LogP contribution is -2.37. The Morgan fingerprint density at radius 3 is 2.28 bits per heavy atom. The lowest BCUT2D eigenvalue weighted by Gasteiger charge is -2.31. The van der Waals surface area contributed by atoms with Crippen molar-refractivity contribution in [3.63, 3.8) is 0 Å². The summed E-state index contributed by atoms with van der Waals surface area (Å²) in [7, 11) is 0. The quantitative estimate of drug-likeness (QED) is 0.874. The first-order valence-corrected chi connectivity index (χ1v) is 5.71. The predicted octanol–water partition coefficient (Wildman–Crippen LogP) is 2.69. The summed E-state index contributed by atoms with van der Waals surface area (Å²) in [5.74, 6) is 0.00306. The normalized spacial score (nSPS) is 15.6. The van der Waals surface area contributed by atoms with E-state index in [1.165, 1.54) is 6.07 Å². The van der Waals surface area contributed by atoms with Crippen LogP contribution in [0.25, 0.3) is 0 Å². The van der Waals surface area contributed by atoms with Crippen LogP contribution >= 0.6 is 0 Å². The molecule has 0 aliphatic rings. The van der Waals surface area contributed by atoms with Crippen molar-refractivity contribution >= 4 is 0 Å². The van der Waals surface area contributed by atoms with Gasteiger partial charge >= 0.3 is 6.61 Å². The number of alkyl halides is 2.